The fourth-order valence-corrected chi connectivity index (χ4v) is 3.96. The molecule has 1 saturated carbocycles. The molecule has 0 bridgehead atoms. The number of fused-ring (bicyclic) bond motifs is 2. The van der Waals surface area contributed by atoms with Gasteiger partial charge in [0.15, 0.2) is 0 Å². The van der Waals surface area contributed by atoms with E-state index in [4.69, 9.17) is 20.2 Å². The average Bonchev–Trinajstić information content (AvgIpc) is 2.62. The summed E-state index contributed by atoms with van der Waals surface area (Å²) in [5, 5.41) is 0.915. The van der Waals surface area contributed by atoms with Gasteiger partial charge in [-0.25, -0.2) is 9.97 Å². The number of ether oxygens (including phenoxy) is 2. The van der Waals surface area contributed by atoms with E-state index in [1.165, 1.54) is 0 Å². The monoisotopic (exact) mass is 328 g/mol. The van der Waals surface area contributed by atoms with Crippen LogP contribution in [0.5, 0.6) is 0 Å². The van der Waals surface area contributed by atoms with Gasteiger partial charge in [-0.1, -0.05) is 12.1 Å². The molecule has 0 amide bonds. The van der Waals surface area contributed by atoms with Crippen molar-refractivity contribution in [3.8, 4) is 0 Å². The maximum atomic E-state index is 6.12. The Kier molecular flexibility index (Phi) is 4.35. The SMILES string of the molecule is CO[C@@H]1CC[C@H]2OCCN(Cc3nc(N)c4ccccc4n3)[C@@H]2C1. The maximum Gasteiger partial charge on any atom is 0.145 e. The predicted octanol–water partition coefficient (Wildman–Crippen LogP) is 1.98. The Hall–Kier alpha value is -1.76. The van der Waals surface area contributed by atoms with Crippen molar-refractivity contribution in [1.82, 2.24) is 14.9 Å². The number of nitrogens with zero attached hydrogens (tertiary/aromatic N) is 3. The smallest absolute Gasteiger partial charge is 0.145 e. The first-order valence-electron chi connectivity index (χ1n) is 8.64. The lowest BCUT2D eigenvalue weighted by atomic mass is 9.88. The number of methoxy groups -OCH3 is 1. The zero-order chi connectivity index (χ0) is 16.5. The van der Waals surface area contributed by atoms with Crippen LogP contribution in [-0.2, 0) is 16.0 Å². The summed E-state index contributed by atoms with van der Waals surface area (Å²) in [5.41, 5.74) is 7.03. The van der Waals surface area contributed by atoms with Gasteiger partial charge in [0.05, 0.1) is 30.9 Å². The Bertz CT molecular complexity index is 723. The number of para-hydroxylation sites is 1. The number of anilines is 1. The molecule has 2 aromatic rings. The fraction of sp³-hybridized carbons (Fsp3) is 0.556. The van der Waals surface area contributed by atoms with Crippen LogP contribution in [0.4, 0.5) is 5.82 Å². The molecule has 2 fully saturated rings. The van der Waals surface area contributed by atoms with Gasteiger partial charge >= 0.3 is 0 Å². The molecule has 1 aliphatic carbocycles. The topological polar surface area (TPSA) is 73.5 Å². The lowest BCUT2D eigenvalue weighted by Crippen LogP contribution is -2.54. The predicted molar refractivity (Wildman–Crippen MR) is 92.5 cm³/mol. The first-order valence-corrected chi connectivity index (χ1v) is 8.64. The van der Waals surface area contributed by atoms with Gasteiger partial charge in [0.25, 0.3) is 0 Å². The van der Waals surface area contributed by atoms with Gasteiger partial charge in [-0.05, 0) is 31.4 Å². The first kappa shape index (κ1) is 15.7. The van der Waals surface area contributed by atoms with Gasteiger partial charge in [-0.3, -0.25) is 4.90 Å². The normalized spacial score (nSPS) is 28.0. The number of morpholine rings is 1. The van der Waals surface area contributed by atoms with E-state index >= 15 is 0 Å². The summed E-state index contributed by atoms with van der Waals surface area (Å²) < 4.78 is 11.6. The lowest BCUT2D eigenvalue weighted by Gasteiger charge is -2.45. The summed E-state index contributed by atoms with van der Waals surface area (Å²) in [6.45, 7) is 2.37. The first-order chi connectivity index (χ1) is 11.7. The van der Waals surface area contributed by atoms with Crippen LogP contribution in [-0.4, -0.2) is 53.4 Å². The third-order valence-corrected chi connectivity index (χ3v) is 5.24. The van der Waals surface area contributed by atoms with E-state index in [2.05, 4.69) is 9.88 Å². The minimum absolute atomic E-state index is 0.294. The minimum Gasteiger partial charge on any atom is -0.383 e. The molecule has 4 rings (SSSR count). The zero-order valence-corrected chi connectivity index (χ0v) is 14.0. The highest BCUT2D eigenvalue weighted by atomic mass is 16.5. The summed E-state index contributed by atoms with van der Waals surface area (Å²) in [5.74, 6) is 1.34. The number of hydrogen-bond acceptors (Lipinski definition) is 6. The molecule has 2 heterocycles. The molecular formula is C18H24N4O2. The van der Waals surface area contributed by atoms with E-state index in [-0.39, 0.29) is 0 Å². The second-order valence-corrected chi connectivity index (χ2v) is 6.66. The molecule has 6 heteroatoms. The van der Waals surface area contributed by atoms with Crippen molar-refractivity contribution < 1.29 is 9.47 Å². The van der Waals surface area contributed by atoms with Crippen LogP contribution in [0.25, 0.3) is 10.9 Å². The Balaban J connectivity index is 1.57. The van der Waals surface area contributed by atoms with Crippen molar-refractivity contribution in [1.29, 1.82) is 0 Å². The molecule has 2 N–H and O–H groups in total. The summed E-state index contributed by atoms with van der Waals surface area (Å²) >= 11 is 0. The van der Waals surface area contributed by atoms with Gasteiger partial charge in [0, 0.05) is 25.1 Å². The van der Waals surface area contributed by atoms with Crippen molar-refractivity contribution in [3.63, 3.8) is 0 Å². The highest BCUT2D eigenvalue weighted by Gasteiger charge is 2.38. The van der Waals surface area contributed by atoms with Crippen molar-refractivity contribution >= 4 is 16.7 Å². The molecule has 0 unspecified atom stereocenters. The van der Waals surface area contributed by atoms with Gasteiger partial charge in [-0.15, -0.1) is 0 Å². The maximum absolute atomic E-state index is 6.12. The molecule has 0 spiro atoms. The van der Waals surface area contributed by atoms with E-state index < -0.39 is 0 Å². The summed E-state index contributed by atoms with van der Waals surface area (Å²) in [6.07, 6.45) is 3.75. The van der Waals surface area contributed by atoms with Crippen LogP contribution < -0.4 is 5.73 Å². The number of rotatable bonds is 3. The largest absolute Gasteiger partial charge is 0.383 e. The molecular weight excluding hydrogens is 304 g/mol. The molecule has 1 aliphatic heterocycles. The van der Waals surface area contributed by atoms with E-state index in [0.29, 0.717) is 30.6 Å². The highest BCUT2D eigenvalue weighted by Crippen LogP contribution is 2.31. The van der Waals surface area contributed by atoms with Crippen molar-refractivity contribution in [2.45, 2.75) is 44.1 Å². The molecule has 1 aromatic carbocycles. The lowest BCUT2D eigenvalue weighted by molar-refractivity contribution is -0.116. The fourth-order valence-electron chi connectivity index (χ4n) is 3.96. The third-order valence-electron chi connectivity index (χ3n) is 5.24. The quantitative estimate of drug-likeness (QED) is 0.929. The number of hydrogen-bond donors (Lipinski definition) is 1. The highest BCUT2D eigenvalue weighted by molar-refractivity contribution is 5.87. The van der Waals surface area contributed by atoms with Gasteiger partial charge in [0.1, 0.15) is 11.6 Å². The zero-order valence-electron chi connectivity index (χ0n) is 14.0. The average molecular weight is 328 g/mol. The van der Waals surface area contributed by atoms with Gasteiger partial charge in [-0.2, -0.15) is 0 Å². The second kappa shape index (κ2) is 6.63. The third kappa shape index (κ3) is 2.97. The van der Waals surface area contributed by atoms with Crippen molar-refractivity contribution in [3.05, 3.63) is 30.1 Å². The minimum atomic E-state index is 0.294. The van der Waals surface area contributed by atoms with Crippen LogP contribution >= 0.6 is 0 Å². The van der Waals surface area contributed by atoms with Crippen LogP contribution in [0.2, 0.25) is 0 Å². The van der Waals surface area contributed by atoms with Crippen LogP contribution in [0, 0.1) is 0 Å². The molecule has 6 nitrogen and oxygen atoms in total. The Morgan fingerprint density at radius 1 is 1.29 bits per heavy atom. The van der Waals surface area contributed by atoms with Crippen molar-refractivity contribution in [2.75, 3.05) is 26.0 Å². The Morgan fingerprint density at radius 3 is 3.04 bits per heavy atom. The van der Waals surface area contributed by atoms with Gasteiger partial charge < -0.3 is 15.2 Å². The molecule has 24 heavy (non-hydrogen) atoms. The van der Waals surface area contributed by atoms with Gasteiger partial charge in [0.2, 0.25) is 0 Å². The van der Waals surface area contributed by atoms with Crippen LogP contribution in [0.1, 0.15) is 25.1 Å². The molecule has 2 aliphatic rings. The molecule has 3 atom stereocenters. The molecule has 1 saturated heterocycles. The number of aromatic nitrogens is 2. The molecule has 1 aromatic heterocycles. The molecule has 0 radical (unpaired) electrons. The van der Waals surface area contributed by atoms with E-state index in [1.807, 2.05) is 24.3 Å². The number of nitrogens with two attached hydrogens (primary N) is 1. The number of nitrogen functional groups attached to an aromatic ring is 1. The summed E-state index contributed by atoms with van der Waals surface area (Å²) in [7, 11) is 1.80. The number of benzene rings is 1. The van der Waals surface area contributed by atoms with E-state index in [0.717, 1.165) is 49.1 Å². The van der Waals surface area contributed by atoms with Crippen LogP contribution in [0.15, 0.2) is 24.3 Å². The Labute approximate surface area is 142 Å². The van der Waals surface area contributed by atoms with Crippen LogP contribution in [0.3, 0.4) is 0 Å². The van der Waals surface area contributed by atoms with Crippen molar-refractivity contribution in [2.24, 2.45) is 0 Å². The van der Waals surface area contributed by atoms with E-state index in [1.54, 1.807) is 7.11 Å². The summed E-state index contributed by atoms with van der Waals surface area (Å²) in [6, 6.07) is 8.26. The second-order valence-electron chi connectivity index (χ2n) is 6.66. The summed E-state index contributed by atoms with van der Waals surface area (Å²) in [4.78, 5) is 11.7. The Morgan fingerprint density at radius 2 is 2.17 bits per heavy atom. The molecule has 128 valence electrons. The van der Waals surface area contributed by atoms with E-state index in [9.17, 15) is 0 Å². The standard InChI is InChI=1S/C18H24N4O2/c1-23-12-6-7-16-15(10-12)22(8-9-24-16)11-17-20-14-5-3-2-4-13(14)18(19)21-17/h2-5,12,15-16H,6-11H2,1H3,(H2,19,20,21)/t12-,15-,16-/m1/s1.